The normalized spacial score (nSPS) is 11.0. The topological polar surface area (TPSA) is 55.1 Å². The second kappa shape index (κ2) is 6.80. The smallest absolute Gasteiger partial charge is 0.313 e. The van der Waals surface area contributed by atoms with E-state index in [9.17, 15) is 4.79 Å². The van der Waals surface area contributed by atoms with E-state index in [2.05, 4.69) is 50.0 Å². The Balaban J connectivity index is 2.36. The molecule has 0 fully saturated rings. The molecule has 0 aliphatic rings. The van der Waals surface area contributed by atoms with Gasteiger partial charge in [-0.25, -0.2) is 4.98 Å². The van der Waals surface area contributed by atoms with Crippen molar-refractivity contribution in [2.75, 3.05) is 5.75 Å². The van der Waals surface area contributed by atoms with Crippen LogP contribution < -0.4 is 0 Å². The summed E-state index contributed by atoms with van der Waals surface area (Å²) in [6.45, 7) is 6.40. The van der Waals surface area contributed by atoms with Gasteiger partial charge in [-0.2, -0.15) is 0 Å². The van der Waals surface area contributed by atoms with Crippen LogP contribution >= 0.6 is 11.8 Å². The molecule has 5 heteroatoms. The zero-order chi connectivity index (χ0) is 15.4. The Hall–Kier alpha value is -1.75. The Labute approximate surface area is 129 Å². The van der Waals surface area contributed by atoms with Crippen molar-refractivity contribution in [1.29, 1.82) is 0 Å². The SMILES string of the molecule is CCc1cnc(SCC(=O)O)n1-c1ccc(C(C)C)cc1. The molecule has 0 radical (unpaired) electrons. The molecule has 1 aromatic carbocycles. The standard InChI is InChI=1S/C16H20N2O2S/c1-4-13-9-17-16(21-10-15(19)20)18(13)14-7-5-12(6-8-14)11(2)3/h5-9,11H,4,10H2,1-3H3,(H,19,20). The number of aryl methyl sites for hydroxylation is 1. The highest BCUT2D eigenvalue weighted by molar-refractivity contribution is 7.99. The average Bonchev–Trinajstić information content (AvgIpc) is 2.88. The Bertz CT molecular complexity index is 618. The molecule has 4 nitrogen and oxygen atoms in total. The van der Waals surface area contributed by atoms with Crippen molar-refractivity contribution in [1.82, 2.24) is 9.55 Å². The highest BCUT2D eigenvalue weighted by Crippen LogP contribution is 2.25. The molecule has 2 rings (SSSR count). The number of aliphatic carboxylic acids is 1. The molecule has 1 N–H and O–H groups in total. The Morgan fingerprint density at radius 1 is 1.33 bits per heavy atom. The van der Waals surface area contributed by atoms with Gasteiger partial charge >= 0.3 is 5.97 Å². The fourth-order valence-electron chi connectivity index (χ4n) is 2.13. The summed E-state index contributed by atoms with van der Waals surface area (Å²) in [5.41, 5.74) is 3.40. The number of nitrogens with zero attached hydrogens (tertiary/aromatic N) is 2. The maximum atomic E-state index is 10.8. The van der Waals surface area contributed by atoms with Gasteiger partial charge in [-0.15, -0.1) is 0 Å². The summed E-state index contributed by atoms with van der Waals surface area (Å²) in [5.74, 6) is -0.319. The van der Waals surface area contributed by atoms with Crippen LogP contribution in [0.25, 0.3) is 5.69 Å². The summed E-state index contributed by atoms with van der Waals surface area (Å²) in [4.78, 5) is 15.1. The van der Waals surface area contributed by atoms with Crippen LogP contribution in [-0.2, 0) is 11.2 Å². The van der Waals surface area contributed by atoms with Gasteiger partial charge < -0.3 is 5.11 Å². The monoisotopic (exact) mass is 304 g/mol. The summed E-state index contributed by atoms with van der Waals surface area (Å²) in [7, 11) is 0. The predicted octanol–water partition coefficient (Wildman–Crippen LogP) is 3.73. The van der Waals surface area contributed by atoms with E-state index in [0.29, 0.717) is 5.92 Å². The second-order valence-corrected chi connectivity index (χ2v) is 6.09. The molecule has 21 heavy (non-hydrogen) atoms. The third-order valence-electron chi connectivity index (χ3n) is 3.31. The van der Waals surface area contributed by atoms with Gasteiger partial charge in [0.1, 0.15) is 0 Å². The predicted molar refractivity (Wildman–Crippen MR) is 85.4 cm³/mol. The van der Waals surface area contributed by atoms with Crippen molar-refractivity contribution in [3.63, 3.8) is 0 Å². The van der Waals surface area contributed by atoms with E-state index in [1.54, 1.807) is 0 Å². The third-order valence-corrected chi connectivity index (χ3v) is 4.24. The molecule has 0 saturated carbocycles. The van der Waals surface area contributed by atoms with Gasteiger partial charge in [0.25, 0.3) is 0 Å². The molecule has 0 bridgehead atoms. The summed E-state index contributed by atoms with van der Waals surface area (Å²) in [6, 6.07) is 8.37. The van der Waals surface area contributed by atoms with E-state index < -0.39 is 5.97 Å². The highest BCUT2D eigenvalue weighted by atomic mass is 32.2. The molecule has 0 aliphatic carbocycles. The molecule has 112 valence electrons. The first-order valence-electron chi connectivity index (χ1n) is 7.04. The van der Waals surface area contributed by atoms with Crippen LogP contribution in [0.4, 0.5) is 0 Å². The minimum absolute atomic E-state index is 0.0181. The number of imidazole rings is 1. The zero-order valence-corrected chi connectivity index (χ0v) is 13.4. The van der Waals surface area contributed by atoms with Crippen LogP contribution in [0.1, 0.15) is 37.9 Å². The summed E-state index contributed by atoms with van der Waals surface area (Å²) in [6.07, 6.45) is 2.67. The van der Waals surface area contributed by atoms with Crippen LogP contribution in [0.5, 0.6) is 0 Å². The molecule has 0 unspecified atom stereocenters. The molecule has 0 amide bonds. The zero-order valence-electron chi connectivity index (χ0n) is 12.5. The molecule has 1 aromatic heterocycles. The number of rotatable bonds is 6. The van der Waals surface area contributed by atoms with Crippen molar-refractivity contribution in [2.45, 2.75) is 38.3 Å². The van der Waals surface area contributed by atoms with Gasteiger partial charge in [0.2, 0.25) is 0 Å². The first kappa shape index (κ1) is 15.6. The van der Waals surface area contributed by atoms with Crippen molar-refractivity contribution in [3.8, 4) is 5.69 Å². The van der Waals surface area contributed by atoms with E-state index in [1.165, 1.54) is 17.3 Å². The second-order valence-electron chi connectivity index (χ2n) is 5.15. The van der Waals surface area contributed by atoms with Crippen LogP contribution in [-0.4, -0.2) is 26.4 Å². The third kappa shape index (κ3) is 3.67. The Kier molecular flexibility index (Phi) is 5.07. The van der Waals surface area contributed by atoms with Crippen molar-refractivity contribution in [3.05, 3.63) is 41.7 Å². The van der Waals surface area contributed by atoms with Crippen molar-refractivity contribution in [2.24, 2.45) is 0 Å². The fourth-order valence-corrected chi connectivity index (χ4v) is 2.86. The van der Waals surface area contributed by atoms with E-state index in [-0.39, 0.29) is 5.75 Å². The Morgan fingerprint density at radius 3 is 2.52 bits per heavy atom. The number of benzene rings is 1. The van der Waals surface area contributed by atoms with E-state index in [1.807, 2.05) is 10.8 Å². The van der Waals surface area contributed by atoms with Gasteiger partial charge in [-0.1, -0.05) is 44.7 Å². The molecule has 0 saturated heterocycles. The van der Waals surface area contributed by atoms with Gasteiger partial charge in [-0.3, -0.25) is 9.36 Å². The van der Waals surface area contributed by atoms with E-state index in [0.717, 1.165) is 23.0 Å². The van der Waals surface area contributed by atoms with Crippen LogP contribution in [0, 0.1) is 0 Å². The van der Waals surface area contributed by atoms with Crippen molar-refractivity contribution >= 4 is 17.7 Å². The lowest BCUT2D eigenvalue weighted by Gasteiger charge is -2.12. The van der Waals surface area contributed by atoms with Crippen LogP contribution in [0.15, 0.2) is 35.6 Å². The highest BCUT2D eigenvalue weighted by Gasteiger charge is 2.13. The maximum absolute atomic E-state index is 10.8. The molecular formula is C16H20N2O2S. The average molecular weight is 304 g/mol. The lowest BCUT2D eigenvalue weighted by molar-refractivity contribution is -0.133. The minimum atomic E-state index is -0.831. The number of hydrogen-bond acceptors (Lipinski definition) is 3. The molecule has 0 spiro atoms. The maximum Gasteiger partial charge on any atom is 0.313 e. The molecule has 2 aromatic rings. The number of carboxylic acid groups (broad SMARTS) is 1. The summed E-state index contributed by atoms with van der Waals surface area (Å²) < 4.78 is 2.04. The van der Waals surface area contributed by atoms with Crippen LogP contribution in [0.2, 0.25) is 0 Å². The number of carbonyl (C=O) groups is 1. The number of carboxylic acids is 1. The first-order valence-corrected chi connectivity index (χ1v) is 8.03. The lowest BCUT2D eigenvalue weighted by Crippen LogP contribution is -2.04. The number of hydrogen-bond donors (Lipinski definition) is 1. The molecule has 0 atom stereocenters. The van der Waals surface area contributed by atoms with Gasteiger partial charge in [0.05, 0.1) is 5.75 Å². The van der Waals surface area contributed by atoms with Gasteiger partial charge in [-0.05, 0) is 30.0 Å². The Morgan fingerprint density at radius 2 is 2.00 bits per heavy atom. The number of aromatic nitrogens is 2. The van der Waals surface area contributed by atoms with E-state index >= 15 is 0 Å². The van der Waals surface area contributed by atoms with Gasteiger partial charge in [0.15, 0.2) is 5.16 Å². The first-order chi connectivity index (χ1) is 10.0. The van der Waals surface area contributed by atoms with Gasteiger partial charge in [0, 0.05) is 17.6 Å². The van der Waals surface area contributed by atoms with Crippen LogP contribution in [0.3, 0.4) is 0 Å². The fraction of sp³-hybridized carbons (Fsp3) is 0.375. The minimum Gasteiger partial charge on any atom is -0.481 e. The summed E-state index contributed by atoms with van der Waals surface area (Å²) >= 11 is 1.25. The summed E-state index contributed by atoms with van der Waals surface area (Å²) in [5, 5.41) is 9.57. The molecule has 1 heterocycles. The molecular weight excluding hydrogens is 284 g/mol. The quantitative estimate of drug-likeness (QED) is 0.826. The molecule has 0 aliphatic heterocycles. The number of thioether (sulfide) groups is 1. The largest absolute Gasteiger partial charge is 0.481 e. The lowest BCUT2D eigenvalue weighted by atomic mass is 10.0. The van der Waals surface area contributed by atoms with Crippen molar-refractivity contribution < 1.29 is 9.90 Å². The van der Waals surface area contributed by atoms with E-state index in [4.69, 9.17) is 5.11 Å².